The zero-order valence-electron chi connectivity index (χ0n) is 8.98. The molecule has 0 radical (unpaired) electrons. The van der Waals surface area contributed by atoms with Crippen molar-refractivity contribution in [3.63, 3.8) is 0 Å². The van der Waals surface area contributed by atoms with Gasteiger partial charge in [0.15, 0.2) is 0 Å². The van der Waals surface area contributed by atoms with Crippen LogP contribution in [-0.2, 0) is 4.79 Å². The fourth-order valence-electron chi connectivity index (χ4n) is 2.03. The molecule has 0 bridgehead atoms. The summed E-state index contributed by atoms with van der Waals surface area (Å²) in [6, 6.07) is 0. The highest BCUT2D eigenvalue weighted by Gasteiger charge is 2.30. The molecule has 0 saturated heterocycles. The summed E-state index contributed by atoms with van der Waals surface area (Å²) in [4.78, 5) is 11.7. The lowest BCUT2D eigenvalue weighted by Crippen LogP contribution is -2.37. The second-order valence-electron chi connectivity index (χ2n) is 4.63. The standard InChI is InChI=1S/C12H19NO2/c14-11(9-6-7-9)8-13-12(15)10-4-2-1-3-5-10/h1-2,9-11,14H,3-8H2,(H,13,15). The number of carbonyl (C=O) groups excluding carboxylic acids is 1. The molecule has 3 heteroatoms. The van der Waals surface area contributed by atoms with Crippen LogP contribution < -0.4 is 5.32 Å². The molecular weight excluding hydrogens is 190 g/mol. The normalized spacial score (nSPS) is 27.4. The van der Waals surface area contributed by atoms with E-state index in [0.29, 0.717) is 12.5 Å². The molecule has 2 aliphatic rings. The van der Waals surface area contributed by atoms with Gasteiger partial charge in [-0.3, -0.25) is 4.79 Å². The Labute approximate surface area is 90.6 Å². The van der Waals surface area contributed by atoms with Crippen molar-refractivity contribution in [1.82, 2.24) is 5.32 Å². The number of hydrogen-bond donors (Lipinski definition) is 2. The highest BCUT2D eigenvalue weighted by atomic mass is 16.3. The van der Waals surface area contributed by atoms with Gasteiger partial charge in [-0.1, -0.05) is 12.2 Å². The maximum atomic E-state index is 11.7. The average Bonchev–Trinajstić information content (AvgIpc) is 3.10. The molecule has 2 N–H and O–H groups in total. The van der Waals surface area contributed by atoms with Crippen LogP contribution in [0, 0.1) is 11.8 Å². The van der Waals surface area contributed by atoms with E-state index in [9.17, 15) is 9.90 Å². The van der Waals surface area contributed by atoms with Gasteiger partial charge >= 0.3 is 0 Å². The molecule has 84 valence electrons. The largest absolute Gasteiger partial charge is 0.391 e. The van der Waals surface area contributed by atoms with E-state index >= 15 is 0 Å². The third-order valence-corrected chi connectivity index (χ3v) is 3.29. The molecule has 0 aliphatic heterocycles. The van der Waals surface area contributed by atoms with Crippen molar-refractivity contribution in [2.75, 3.05) is 6.54 Å². The van der Waals surface area contributed by atoms with Crippen molar-refractivity contribution in [2.24, 2.45) is 11.8 Å². The van der Waals surface area contributed by atoms with Gasteiger partial charge in [0.2, 0.25) is 5.91 Å². The van der Waals surface area contributed by atoms with E-state index in [1.807, 2.05) is 0 Å². The molecule has 0 heterocycles. The van der Waals surface area contributed by atoms with Crippen LogP contribution in [0.1, 0.15) is 32.1 Å². The molecular formula is C12H19NO2. The van der Waals surface area contributed by atoms with Gasteiger partial charge in [0.25, 0.3) is 0 Å². The number of amides is 1. The van der Waals surface area contributed by atoms with E-state index in [1.54, 1.807) is 0 Å². The summed E-state index contributed by atoms with van der Waals surface area (Å²) in [6.07, 6.45) is 8.91. The molecule has 2 aliphatic carbocycles. The van der Waals surface area contributed by atoms with Crippen molar-refractivity contribution in [3.8, 4) is 0 Å². The number of rotatable bonds is 4. The highest BCUT2D eigenvalue weighted by molar-refractivity contribution is 5.78. The van der Waals surface area contributed by atoms with Crippen molar-refractivity contribution in [1.29, 1.82) is 0 Å². The van der Waals surface area contributed by atoms with E-state index in [0.717, 1.165) is 32.1 Å². The van der Waals surface area contributed by atoms with E-state index in [4.69, 9.17) is 0 Å². The maximum absolute atomic E-state index is 11.7. The summed E-state index contributed by atoms with van der Waals surface area (Å²) in [7, 11) is 0. The predicted octanol–water partition coefficient (Wildman–Crippen LogP) is 1.23. The topological polar surface area (TPSA) is 49.3 Å². The zero-order chi connectivity index (χ0) is 10.7. The summed E-state index contributed by atoms with van der Waals surface area (Å²) in [6.45, 7) is 0.434. The van der Waals surface area contributed by atoms with Gasteiger partial charge in [-0.2, -0.15) is 0 Å². The van der Waals surface area contributed by atoms with Gasteiger partial charge in [-0.25, -0.2) is 0 Å². The van der Waals surface area contributed by atoms with Gasteiger partial charge < -0.3 is 10.4 Å². The van der Waals surface area contributed by atoms with Gasteiger partial charge in [0.1, 0.15) is 0 Å². The summed E-state index contributed by atoms with van der Waals surface area (Å²) >= 11 is 0. The van der Waals surface area contributed by atoms with Crippen LogP contribution >= 0.6 is 0 Å². The lowest BCUT2D eigenvalue weighted by molar-refractivity contribution is -0.125. The zero-order valence-corrected chi connectivity index (χ0v) is 8.98. The second kappa shape index (κ2) is 4.79. The van der Waals surface area contributed by atoms with Crippen LogP contribution in [-0.4, -0.2) is 23.7 Å². The van der Waals surface area contributed by atoms with Crippen LogP contribution in [0.25, 0.3) is 0 Å². The first kappa shape index (κ1) is 10.7. The Morgan fingerprint density at radius 1 is 1.40 bits per heavy atom. The molecule has 1 saturated carbocycles. The predicted molar refractivity (Wildman–Crippen MR) is 58.2 cm³/mol. The van der Waals surface area contributed by atoms with Crippen molar-refractivity contribution < 1.29 is 9.90 Å². The molecule has 2 atom stereocenters. The van der Waals surface area contributed by atoms with Crippen LogP contribution in [0.15, 0.2) is 12.2 Å². The lowest BCUT2D eigenvalue weighted by atomic mass is 9.93. The Bertz CT molecular complexity index is 258. The molecule has 2 rings (SSSR count). The fraction of sp³-hybridized carbons (Fsp3) is 0.750. The molecule has 0 aromatic heterocycles. The summed E-state index contributed by atoms with van der Waals surface area (Å²) in [5, 5.41) is 12.5. The molecule has 2 unspecified atom stereocenters. The minimum Gasteiger partial charge on any atom is -0.391 e. The molecule has 0 spiro atoms. The molecule has 3 nitrogen and oxygen atoms in total. The number of aliphatic hydroxyl groups is 1. The Kier molecular flexibility index (Phi) is 3.41. The number of allylic oxidation sites excluding steroid dienone is 2. The third kappa shape index (κ3) is 3.06. The van der Waals surface area contributed by atoms with Gasteiger partial charge in [-0.15, -0.1) is 0 Å². The maximum Gasteiger partial charge on any atom is 0.223 e. The smallest absolute Gasteiger partial charge is 0.223 e. The second-order valence-corrected chi connectivity index (χ2v) is 4.63. The minimum atomic E-state index is -0.326. The summed E-state index contributed by atoms with van der Waals surface area (Å²) in [5.41, 5.74) is 0. The minimum absolute atomic E-state index is 0.110. The van der Waals surface area contributed by atoms with E-state index < -0.39 is 0 Å². The Morgan fingerprint density at radius 3 is 2.80 bits per heavy atom. The van der Waals surface area contributed by atoms with E-state index in [2.05, 4.69) is 17.5 Å². The third-order valence-electron chi connectivity index (χ3n) is 3.29. The monoisotopic (exact) mass is 209 g/mol. The molecule has 0 aromatic carbocycles. The van der Waals surface area contributed by atoms with Gasteiger partial charge in [-0.05, 0) is 38.0 Å². The SMILES string of the molecule is O=C(NCC(O)C1CC1)C1CC=CCC1. The Balaban J connectivity index is 1.69. The van der Waals surface area contributed by atoms with Crippen molar-refractivity contribution >= 4 is 5.91 Å². The Hall–Kier alpha value is -0.830. The Morgan fingerprint density at radius 2 is 2.20 bits per heavy atom. The van der Waals surface area contributed by atoms with Gasteiger partial charge in [0.05, 0.1) is 6.10 Å². The van der Waals surface area contributed by atoms with Crippen molar-refractivity contribution in [3.05, 3.63) is 12.2 Å². The number of aliphatic hydroxyl groups excluding tert-OH is 1. The fourth-order valence-corrected chi connectivity index (χ4v) is 2.03. The molecule has 1 fully saturated rings. The first-order valence-corrected chi connectivity index (χ1v) is 5.88. The molecule has 1 amide bonds. The first-order chi connectivity index (χ1) is 7.27. The van der Waals surface area contributed by atoms with Crippen LogP contribution in [0.5, 0.6) is 0 Å². The van der Waals surface area contributed by atoms with Crippen LogP contribution in [0.2, 0.25) is 0 Å². The lowest BCUT2D eigenvalue weighted by Gasteiger charge is -2.18. The van der Waals surface area contributed by atoms with Crippen molar-refractivity contribution in [2.45, 2.75) is 38.2 Å². The van der Waals surface area contributed by atoms with E-state index in [-0.39, 0.29) is 17.9 Å². The van der Waals surface area contributed by atoms with E-state index in [1.165, 1.54) is 0 Å². The van der Waals surface area contributed by atoms with Crippen LogP contribution in [0.4, 0.5) is 0 Å². The molecule has 0 aromatic rings. The number of carbonyl (C=O) groups is 1. The van der Waals surface area contributed by atoms with Crippen LogP contribution in [0.3, 0.4) is 0 Å². The first-order valence-electron chi connectivity index (χ1n) is 5.88. The summed E-state index contributed by atoms with van der Waals surface area (Å²) < 4.78 is 0. The number of hydrogen-bond acceptors (Lipinski definition) is 2. The highest BCUT2D eigenvalue weighted by Crippen LogP contribution is 2.32. The quantitative estimate of drug-likeness (QED) is 0.684. The summed E-state index contributed by atoms with van der Waals surface area (Å²) in [5.74, 6) is 0.678. The number of nitrogens with one attached hydrogen (secondary N) is 1. The van der Waals surface area contributed by atoms with Gasteiger partial charge in [0, 0.05) is 12.5 Å². The molecule has 15 heavy (non-hydrogen) atoms. The average molecular weight is 209 g/mol.